The highest BCUT2D eigenvalue weighted by atomic mass is 19.4. The van der Waals surface area contributed by atoms with Gasteiger partial charge in [0.15, 0.2) is 0 Å². The first-order valence-corrected chi connectivity index (χ1v) is 13.2. The van der Waals surface area contributed by atoms with E-state index in [2.05, 4.69) is 35.8 Å². The number of aromatic nitrogens is 4. The Morgan fingerprint density at radius 1 is 0.878 bits per heavy atom. The summed E-state index contributed by atoms with van der Waals surface area (Å²) >= 11 is 0. The maximum Gasteiger partial charge on any atom is 0.573 e. The van der Waals surface area contributed by atoms with Gasteiger partial charge in [-0.05, 0) is 66.8 Å². The molecule has 0 aliphatic heterocycles. The molecule has 220 valence electrons. The second-order valence-corrected chi connectivity index (χ2v) is 9.39. The lowest BCUT2D eigenvalue weighted by Gasteiger charge is -2.13. The minimum Gasteiger partial charge on any atom is -0.406 e. The summed E-state index contributed by atoms with van der Waals surface area (Å²) in [6.07, 6.45) is 0.781. The molecule has 2 aromatic heterocycles. The zero-order valence-corrected chi connectivity index (χ0v) is 22.6. The number of methoxy groups -OCH3 is 1. The number of benzene rings is 2. The SMILES string of the molecule is COCCc1cc(CNCCCCOCCNc2cc(-c3cn[nH]c(=O)c3)cc3[nH]ncc23)cc(OC(F)(F)F)c1. The number of nitrogens with zero attached hydrogens (tertiary/aromatic N) is 2. The molecule has 0 fully saturated rings. The number of nitrogens with one attached hydrogen (secondary N) is 4. The molecule has 0 aliphatic rings. The van der Waals surface area contributed by atoms with Gasteiger partial charge < -0.3 is 24.8 Å². The van der Waals surface area contributed by atoms with E-state index >= 15 is 0 Å². The molecule has 0 aliphatic carbocycles. The minimum atomic E-state index is -4.74. The van der Waals surface area contributed by atoms with Gasteiger partial charge in [-0.1, -0.05) is 6.07 Å². The minimum absolute atomic E-state index is 0.225. The fourth-order valence-electron chi connectivity index (χ4n) is 4.33. The number of anilines is 1. The zero-order valence-electron chi connectivity index (χ0n) is 22.6. The second kappa shape index (κ2) is 14.6. The fourth-order valence-corrected chi connectivity index (χ4v) is 4.33. The molecule has 10 nitrogen and oxygen atoms in total. The Balaban J connectivity index is 1.16. The molecule has 0 radical (unpaired) electrons. The molecule has 0 atom stereocenters. The predicted octanol–water partition coefficient (Wildman–Crippen LogP) is 4.40. The molecule has 0 saturated carbocycles. The Labute approximate surface area is 234 Å². The number of H-pyrrole nitrogens is 2. The van der Waals surface area contributed by atoms with Gasteiger partial charge in [0.1, 0.15) is 5.75 Å². The molecule has 4 N–H and O–H groups in total. The fraction of sp³-hybridized carbons (Fsp3) is 0.393. The lowest BCUT2D eigenvalue weighted by Crippen LogP contribution is -2.19. The van der Waals surface area contributed by atoms with Crippen LogP contribution in [0.15, 0.2) is 53.6 Å². The van der Waals surface area contributed by atoms with Crippen molar-refractivity contribution in [3.63, 3.8) is 0 Å². The first kappa shape index (κ1) is 30.0. The Kier molecular flexibility index (Phi) is 10.7. The van der Waals surface area contributed by atoms with Crippen LogP contribution in [-0.2, 0) is 22.4 Å². The molecule has 0 saturated heterocycles. The van der Waals surface area contributed by atoms with Crippen molar-refractivity contribution in [2.45, 2.75) is 32.2 Å². The number of aromatic amines is 2. The summed E-state index contributed by atoms with van der Waals surface area (Å²) in [5.41, 5.74) is 4.40. The van der Waals surface area contributed by atoms with Crippen molar-refractivity contribution in [1.29, 1.82) is 0 Å². The Morgan fingerprint density at radius 3 is 2.51 bits per heavy atom. The second-order valence-electron chi connectivity index (χ2n) is 9.39. The number of halogens is 3. The van der Waals surface area contributed by atoms with Crippen molar-refractivity contribution in [3.05, 3.63) is 70.3 Å². The number of rotatable bonds is 16. The number of unbranched alkanes of at least 4 members (excludes halogenated alkanes) is 1. The van der Waals surface area contributed by atoms with Crippen LogP contribution in [0.5, 0.6) is 5.75 Å². The standard InChI is InChI=1S/C28H33F3N6O4/c1-39-8-4-19-10-20(12-23(11-19)41-28(29,30)31)16-32-5-2-3-7-40-9-6-33-25-13-21(14-26-24(25)18-35-36-26)22-15-27(38)37-34-17-22/h10-15,17-18,32-33H,2-9,16H2,1H3,(H,35,36)(H,37,38). The van der Waals surface area contributed by atoms with Crippen LogP contribution < -0.4 is 20.9 Å². The molecular weight excluding hydrogens is 541 g/mol. The van der Waals surface area contributed by atoms with Gasteiger partial charge in [-0.3, -0.25) is 9.89 Å². The number of alkyl halides is 3. The summed E-state index contributed by atoms with van der Waals surface area (Å²) < 4.78 is 53.0. The normalized spacial score (nSPS) is 11.7. The van der Waals surface area contributed by atoms with E-state index in [4.69, 9.17) is 9.47 Å². The summed E-state index contributed by atoms with van der Waals surface area (Å²) in [6, 6.07) is 10.0. The number of ether oxygens (including phenoxy) is 3. The molecule has 0 unspecified atom stereocenters. The molecule has 2 heterocycles. The van der Waals surface area contributed by atoms with Gasteiger partial charge in [0.05, 0.1) is 31.1 Å². The van der Waals surface area contributed by atoms with Crippen LogP contribution in [0.25, 0.3) is 22.0 Å². The first-order valence-electron chi connectivity index (χ1n) is 13.2. The van der Waals surface area contributed by atoms with Crippen LogP contribution in [0, 0.1) is 0 Å². The smallest absolute Gasteiger partial charge is 0.406 e. The van der Waals surface area contributed by atoms with E-state index in [-0.39, 0.29) is 11.3 Å². The highest BCUT2D eigenvalue weighted by Gasteiger charge is 2.31. The Hall–Kier alpha value is -3.94. The van der Waals surface area contributed by atoms with E-state index < -0.39 is 6.36 Å². The summed E-state index contributed by atoms with van der Waals surface area (Å²) in [4.78, 5) is 11.7. The highest BCUT2D eigenvalue weighted by molar-refractivity contribution is 5.95. The summed E-state index contributed by atoms with van der Waals surface area (Å²) in [5.74, 6) is -0.225. The lowest BCUT2D eigenvalue weighted by atomic mass is 10.1. The molecule has 13 heteroatoms. The van der Waals surface area contributed by atoms with Crippen molar-refractivity contribution in [2.24, 2.45) is 0 Å². The summed E-state index contributed by atoms with van der Waals surface area (Å²) in [5, 5.41) is 20.9. The van der Waals surface area contributed by atoms with Crippen LogP contribution in [0.2, 0.25) is 0 Å². The maximum atomic E-state index is 12.7. The number of fused-ring (bicyclic) bond motifs is 1. The first-order chi connectivity index (χ1) is 19.8. The zero-order chi connectivity index (χ0) is 29.1. The molecule has 4 rings (SSSR count). The van der Waals surface area contributed by atoms with Crippen molar-refractivity contribution in [2.75, 3.05) is 45.3 Å². The molecule has 0 amide bonds. The predicted molar refractivity (Wildman–Crippen MR) is 149 cm³/mol. The van der Waals surface area contributed by atoms with Crippen LogP contribution in [0.1, 0.15) is 24.0 Å². The van der Waals surface area contributed by atoms with E-state index in [1.165, 1.54) is 18.2 Å². The highest BCUT2D eigenvalue weighted by Crippen LogP contribution is 2.29. The largest absolute Gasteiger partial charge is 0.573 e. The Morgan fingerprint density at radius 2 is 1.71 bits per heavy atom. The number of hydrogen-bond acceptors (Lipinski definition) is 8. The van der Waals surface area contributed by atoms with E-state index in [0.717, 1.165) is 40.6 Å². The van der Waals surface area contributed by atoms with Crippen LogP contribution >= 0.6 is 0 Å². The van der Waals surface area contributed by atoms with Gasteiger partial charge in [0, 0.05) is 49.5 Å². The molecule has 41 heavy (non-hydrogen) atoms. The third kappa shape index (κ3) is 9.59. The van der Waals surface area contributed by atoms with Crippen molar-refractivity contribution in [3.8, 4) is 16.9 Å². The van der Waals surface area contributed by atoms with Gasteiger partial charge >= 0.3 is 6.36 Å². The summed E-state index contributed by atoms with van der Waals surface area (Å²) in [6.45, 7) is 3.19. The quantitative estimate of drug-likeness (QED) is 0.145. The lowest BCUT2D eigenvalue weighted by molar-refractivity contribution is -0.274. The van der Waals surface area contributed by atoms with Crippen LogP contribution in [-0.4, -0.2) is 66.8 Å². The van der Waals surface area contributed by atoms with Crippen LogP contribution in [0.3, 0.4) is 0 Å². The van der Waals surface area contributed by atoms with E-state index in [9.17, 15) is 18.0 Å². The van der Waals surface area contributed by atoms with E-state index in [1.807, 2.05) is 18.2 Å². The molecule has 4 aromatic rings. The monoisotopic (exact) mass is 574 g/mol. The Bertz CT molecular complexity index is 1460. The summed E-state index contributed by atoms with van der Waals surface area (Å²) in [7, 11) is 1.55. The maximum absolute atomic E-state index is 12.7. The van der Waals surface area contributed by atoms with Crippen molar-refractivity contribution in [1.82, 2.24) is 25.7 Å². The average Bonchev–Trinajstić information content (AvgIpc) is 3.41. The van der Waals surface area contributed by atoms with Crippen molar-refractivity contribution >= 4 is 16.6 Å². The van der Waals surface area contributed by atoms with Crippen molar-refractivity contribution < 1.29 is 27.4 Å². The van der Waals surface area contributed by atoms with Gasteiger partial charge in [0.25, 0.3) is 5.56 Å². The van der Waals surface area contributed by atoms with Crippen LogP contribution in [0.4, 0.5) is 18.9 Å². The van der Waals surface area contributed by atoms with E-state index in [0.29, 0.717) is 57.0 Å². The van der Waals surface area contributed by atoms with Gasteiger partial charge in [-0.25, -0.2) is 5.10 Å². The molecular formula is C28H33F3N6O4. The van der Waals surface area contributed by atoms with Gasteiger partial charge in [0.2, 0.25) is 0 Å². The van der Waals surface area contributed by atoms with Gasteiger partial charge in [-0.15, -0.1) is 13.2 Å². The van der Waals surface area contributed by atoms with Gasteiger partial charge in [-0.2, -0.15) is 10.2 Å². The third-order valence-corrected chi connectivity index (χ3v) is 6.19. The topological polar surface area (TPSA) is 126 Å². The molecule has 0 bridgehead atoms. The third-order valence-electron chi connectivity index (χ3n) is 6.19. The molecule has 2 aromatic carbocycles. The van der Waals surface area contributed by atoms with E-state index in [1.54, 1.807) is 19.5 Å². The molecule has 0 spiro atoms. The number of hydrogen-bond donors (Lipinski definition) is 4. The average molecular weight is 575 g/mol.